The van der Waals surface area contributed by atoms with Crippen molar-refractivity contribution in [2.75, 3.05) is 26.4 Å². The molecule has 0 spiro atoms. The number of amides is 1. The van der Waals surface area contributed by atoms with Gasteiger partial charge in [0.05, 0.1) is 19.3 Å². The molecule has 112 valence electrons. The minimum Gasteiger partial charge on any atom is -0.491 e. The number of hydrogen-bond acceptors (Lipinski definition) is 4. The van der Waals surface area contributed by atoms with Crippen LogP contribution in [0, 0.1) is 0 Å². The van der Waals surface area contributed by atoms with Gasteiger partial charge in [0, 0.05) is 18.7 Å². The Bertz CT molecular complexity index is 389. The fourth-order valence-corrected chi connectivity index (χ4v) is 1.60. The highest BCUT2D eigenvalue weighted by Gasteiger charge is 2.05. The maximum Gasteiger partial charge on any atom is 0.251 e. The van der Waals surface area contributed by atoms with E-state index in [0.29, 0.717) is 25.3 Å². The van der Waals surface area contributed by atoms with Crippen LogP contribution < -0.4 is 10.1 Å². The first-order chi connectivity index (χ1) is 9.63. The number of ether oxygens (including phenoxy) is 2. The quantitative estimate of drug-likeness (QED) is 0.675. The lowest BCUT2D eigenvalue weighted by molar-refractivity contribution is 0.0867. The molecule has 0 fully saturated rings. The van der Waals surface area contributed by atoms with E-state index in [4.69, 9.17) is 14.6 Å². The van der Waals surface area contributed by atoms with Gasteiger partial charge >= 0.3 is 0 Å². The topological polar surface area (TPSA) is 67.8 Å². The zero-order chi connectivity index (χ0) is 14.8. The maximum atomic E-state index is 11.8. The summed E-state index contributed by atoms with van der Waals surface area (Å²) in [6.07, 6.45) is 0.842. The molecular weight excluding hydrogens is 258 g/mol. The first kappa shape index (κ1) is 16.5. The van der Waals surface area contributed by atoms with Crippen molar-refractivity contribution < 1.29 is 19.4 Å². The van der Waals surface area contributed by atoms with Gasteiger partial charge in [0.1, 0.15) is 5.75 Å². The van der Waals surface area contributed by atoms with Gasteiger partial charge in [-0.15, -0.1) is 0 Å². The molecule has 5 heteroatoms. The molecule has 1 aromatic rings. The lowest BCUT2D eigenvalue weighted by Gasteiger charge is -2.10. The van der Waals surface area contributed by atoms with Gasteiger partial charge in [-0.05, 0) is 44.5 Å². The second-order valence-electron chi connectivity index (χ2n) is 4.64. The van der Waals surface area contributed by atoms with Crippen LogP contribution in [-0.2, 0) is 4.74 Å². The first-order valence-electron chi connectivity index (χ1n) is 6.87. The molecule has 0 radical (unpaired) electrons. The van der Waals surface area contributed by atoms with E-state index < -0.39 is 0 Å². The van der Waals surface area contributed by atoms with Crippen LogP contribution in [0.4, 0.5) is 0 Å². The smallest absolute Gasteiger partial charge is 0.251 e. The molecule has 0 aliphatic carbocycles. The molecule has 0 unspecified atom stereocenters. The van der Waals surface area contributed by atoms with Crippen LogP contribution in [-0.4, -0.2) is 43.5 Å². The molecule has 0 heterocycles. The summed E-state index contributed by atoms with van der Waals surface area (Å²) in [6, 6.07) is 7.07. The van der Waals surface area contributed by atoms with Gasteiger partial charge in [0.15, 0.2) is 0 Å². The molecule has 2 N–H and O–H groups in total. The summed E-state index contributed by atoms with van der Waals surface area (Å²) in [6.45, 7) is 5.36. The highest BCUT2D eigenvalue weighted by Crippen LogP contribution is 2.13. The van der Waals surface area contributed by atoms with E-state index in [2.05, 4.69) is 5.32 Å². The van der Waals surface area contributed by atoms with Crippen LogP contribution in [0.15, 0.2) is 24.3 Å². The summed E-state index contributed by atoms with van der Waals surface area (Å²) in [5, 5.41) is 11.3. The number of hydrogen-bond donors (Lipinski definition) is 2. The minimum atomic E-state index is -0.108. The third-order valence-corrected chi connectivity index (χ3v) is 2.47. The molecule has 0 atom stereocenters. The monoisotopic (exact) mass is 281 g/mol. The summed E-state index contributed by atoms with van der Waals surface area (Å²) in [4.78, 5) is 11.8. The van der Waals surface area contributed by atoms with Crippen LogP contribution in [0.25, 0.3) is 0 Å². The predicted octanol–water partition coefficient (Wildman–Crippen LogP) is 1.60. The number of aliphatic hydroxyl groups excluding tert-OH is 1. The molecule has 0 aliphatic heterocycles. The summed E-state index contributed by atoms with van der Waals surface area (Å²) in [5.74, 6) is 0.650. The number of carbonyl (C=O) groups excluding carboxylic acids is 1. The molecule has 0 saturated carbocycles. The standard InChI is InChI=1S/C15H23NO4/c1-12(2)20-14-6-4-13(5-7-14)15(18)16-8-3-10-19-11-9-17/h4-7,12,17H,3,8-11H2,1-2H3,(H,16,18). The van der Waals surface area contributed by atoms with E-state index in [9.17, 15) is 4.79 Å². The molecule has 20 heavy (non-hydrogen) atoms. The fraction of sp³-hybridized carbons (Fsp3) is 0.533. The molecule has 5 nitrogen and oxygen atoms in total. The first-order valence-corrected chi connectivity index (χ1v) is 6.87. The van der Waals surface area contributed by atoms with Gasteiger partial charge in [-0.25, -0.2) is 0 Å². The second kappa shape index (κ2) is 9.34. The lowest BCUT2D eigenvalue weighted by Crippen LogP contribution is -2.25. The van der Waals surface area contributed by atoms with Crippen LogP contribution in [0.3, 0.4) is 0 Å². The Labute approximate surface area is 119 Å². The summed E-state index contributed by atoms with van der Waals surface area (Å²) in [5.41, 5.74) is 0.609. The Morgan fingerprint density at radius 2 is 1.95 bits per heavy atom. The average molecular weight is 281 g/mol. The van der Waals surface area contributed by atoms with Crippen molar-refractivity contribution in [3.63, 3.8) is 0 Å². The van der Waals surface area contributed by atoms with Crippen molar-refractivity contribution in [1.82, 2.24) is 5.32 Å². The zero-order valence-electron chi connectivity index (χ0n) is 12.1. The third-order valence-electron chi connectivity index (χ3n) is 2.47. The Morgan fingerprint density at radius 1 is 1.25 bits per heavy atom. The Balaban J connectivity index is 2.29. The van der Waals surface area contributed by atoms with Crippen molar-refractivity contribution in [3.05, 3.63) is 29.8 Å². The minimum absolute atomic E-state index is 0.0250. The Morgan fingerprint density at radius 3 is 2.55 bits per heavy atom. The van der Waals surface area contributed by atoms with Gasteiger partial charge in [0.2, 0.25) is 0 Å². The summed E-state index contributed by atoms with van der Waals surface area (Å²) >= 11 is 0. The molecule has 0 aromatic heterocycles. The number of nitrogens with one attached hydrogen (secondary N) is 1. The molecule has 0 saturated heterocycles. The molecule has 1 aromatic carbocycles. The van der Waals surface area contributed by atoms with Gasteiger partial charge in [-0.2, -0.15) is 0 Å². The lowest BCUT2D eigenvalue weighted by atomic mass is 10.2. The maximum absolute atomic E-state index is 11.8. The fourth-order valence-electron chi connectivity index (χ4n) is 1.60. The van der Waals surface area contributed by atoms with E-state index in [1.807, 2.05) is 13.8 Å². The molecule has 1 rings (SSSR count). The van der Waals surface area contributed by atoms with E-state index in [1.54, 1.807) is 24.3 Å². The van der Waals surface area contributed by atoms with E-state index in [1.165, 1.54) is 0 Å². The van der Waals surface area contributed by atoms with Crippen molar-refractivity contribution in [1.29, 1.82) is 0 Å². The van der Waals surface area contributed by atoms with Crippen LogP contribution >= 0.6 is 0 Å². The number of rotatable bonds is 9. The Kier molecular flexibility index (Phi) is 7.69. The van der Waals surface area contributed by atoms with Gasteiger partial charge < -0.3 is 19.9 Å². The molecule has 0 bridgehead atoms. The third kappa shape index (κ3) is 6.54. The highest BCUT2D eigenvalue weighted by molar-refractivity contribution is 5.94. The van der Waals surface area contributed by atoms with E-state index >= 15 is 0 Å². The van der Waals surface area contributed by atoms with Gasteiger partial charge in [0.25, 0.3) is 5.91 Å². The van der Waals surface area contributed by atoms with Crippen molar-refractivity contribution in [2.24, 2.45) is 0 Å². The summed E-state index contributed by atoms with van der Waals surface area (Å²) < 4.78 is 10.6. The number of aliphatic hydroxyl groups is 1. The van der Waals surface area contributed by atoms with Crippen molar-refractivity contribution in [3.8, 4) is 5.75 Å². The average Bonchev–Trinajstić information content (AvgIpc) is 2.42. The zero-order valence-corrected chi connectivity index (χ0v) is 12.1. The Hall–Kier alpha value is -1.59. The normalized spacial score (nSPS) is 10.6. The van der Waals surface area contributed by atoms with Gasteiger partial charge in [-0.1, -0.05) is 0 Å². The molecule has 0 aliphatic rings. The van der Waals surface area contributed by atoms with Crippen LogP contribution in [0.5, 0.6) is 5.75 Å². The van der Waals surface area contributed by atoms with Crippen molar-refractivity contribution >= 4 is 5.91 Å². The van der Waals surface area contributed by atoms with Gasteiger partial charge in [-0.3, -0.25) is 4.79 Å². The number of carbonyl (C=O) groups is 1. The predicted molar refractivity (Wildman–Crippen MR) is 77.1 cm³/mol. The number of benzene rings is 1. The SMILES string of the molecule is CC(C)Oc1ccc(C(=O)NCCCOCCO)cc1. The van der Waals surface area contributed by atoms with Crippen LogP contribution in [0.1, 0.15) is 30.6 Å². The summed E-state index contributed by atoms with van der Waals surface area (Å²) in [7, 11) is 0. The second-order valence-corrected chi connectivity index (χ2v) is 4.64. The van der Waals surface area contributed by atoms with E-state index in [0.717, 1.165) is 12.2 Å². The van der Waals surface area contributed by atoms with Crippen LogP contribution in [0.2, 0.25) is 0 Å². The van der Waals surface area contributed by atoms with E-state index in [-0.39, 0.29) is 18.6 Å². The highest BCUT2D eigenvalue weighted by atomic mass is 16.5. The van der Waals surface area contributed by atoms with Crippen molar-refractivity contribution in [2.45, 2.75) is 26.4 Å². The molecule has 1 amide bonds. The molecular formula is C15H23NO4. The largest absolute Gasteiger partial charge is 0.491 e.